The van der Waals surface area contributed by atoms with E-state index in [1.165, 1.54) is 30.3 Å². The molecule has 0 aliphatic rings. The van der Waals surface area contributed by atoms with Gasteiger partial charge in [0, 0.05) is 11.6 Å². The van der Waals surface area contributed by atoms with Crippen LogP contribution in [0.25, 0.3) is 11.1 Å². The smallest absolute Gasteiger partial charge is 0.305 e. The quantitative estimate of drug-likeness (QED) is 0.346. The Labute approximate surface area is 204 Å². The molecule has 3 rings (SSSR count). The fourth-order valence-corrected chi connectivity index (χ4v) is 5.94. The lowest BCUT2D eigenvalue weighted by Crippen LogP contribution is -2.14. The Balaban J connectivity index is 2.03. The summed E-state index contributed by atoms with van der Waals surface area (Å²) >= 11 is 5.80. The summed E-state index contributed by atoms with van der Waals surface area (Å²) in [5.74, 6) is -0.179. The molecule has 0 saturated carbocycles. The minimum atomic E-state index is -4.59. The Bertz CT molecular complexity index is 1300. The van der Waals surface area contributed by atoms with Crippen molar-refractivity contribution >= 4 is 21.4 Å². The Morgan fingerprint density at radius 2 is 1.62 bits per heavy atom. The SMILES string of the molecule is CCc1cc(-c2ccc(Cl)cc2C(F)(F)F)ccc1S(=O)(=O)Cc1cccc(CN(C)C)c1C. The molecule has 0 radical (unpaired) electrons. The number of alkyl halides is 3. The number of nitrogens with zero attached hydrogens (tertiary/aromatic N) is 1. The van der Waals surface area contributed by atoms with Gasteiger partial charge in [-0.25, -0.2) is 8.42 Å². The molecule has 34 heavy (non-hydrogen) atoms. The van der Waals surface area contributed by atoms with Gasteiger partial charge >= 0.3 is 6.18 Å². The summed E-state index contributed by atoms with van der Waals surface area (Å²) in [6.45, 7) is 4.39. The lowest BCUT2D eigenvalue weighted by molar-refractivity contribution is -0.137. The average molecular weight is 510 g/mol. The number of hydrogen-bond acceptors (Lipinski definition) is 3. The molecule has 0 aliphatic carbocycles. The van der Waals surface area contributed by atoms with Gasteiger partial charge in [-0.1, -0.05) is 48.9 Å². The van der Waals surface area contributed by atoms with E-state index >= 15 is 0 Å². The molecular formula is C26H27ClF3NO2S. The van der Waals surface area contributed by atoms with Crippen LogP contribution in [0.15, 0.2) is 59.5 Å². The van der Waals surface area contributed by atoms with Crippen molar-refractivity contribution in [2.24, 2.45) is 0 Å². The van der Waals surface area contributed by atoms with Gasteiger partial charge in [0.05, 0.1) is 16.2 Å². The van der Waals surface area contributed by atoms with Crippen molar-refractivity contribution in [3.8, 4) is 11.1 Å². The topological polar surface area (TPSA) is 37.4 Å². The lowest BCUT2D eigenvalue weighted by atomic mass is 9.97. The van der Waals surface area contributed by atoms with Gasteiger partial charge in [0.15, 0.2) is 9.84 Å². The Morgan fingerprint density at radius 1 is 0.941 bits per heavy atom. The minimum Gasteiger partial charge on any atom is -0.305 e. The van der Waals surface area contributed by atoms with Crippen LogP contribution in [-0.4, -0.2) is 27.4 Å². The molecule has 0 N–H and O–H groups in total. The van der Waals surface area contributed by atoms with Gasteiger partial charge in [-0.15, -0.1) is 0 Å². The maximum Gasteiger partial charge on any atom is 0.417 e. The van der Waals surface area contributed by atoms with Crippen LogP contribution in [-0.2, 0) is 34.7 Å². The van der Waals surface area contributed by atoms with Crippen molar-refractivity contribution in [3.05, 3.63) is 87.4 Å². The molecule has 3 aromatic carbocycles. The molecule has 0 aliphatic heterocycles. The molecule has 0 spiro atoms. The maximum absolute atomic E-state index is 13.6. The predicted octanol–water partition coefficient (Wildman–Crippen LogP) is 6.93. The molecular weight excluding hydrogens is 483 g/mol. The van der Waals surface area contributed by atoms with Crippen LogP contribution < -0.4 is 0 Å². The van der Waals surface area contributed by atoms with Crippen LogP contribution in [0, 0.1) is 6.92 Å². The van der Waals surface area contributed by atoms with Gasteiger partial charge in [0.25, 0.3) is 0 Å². The standard InChI is InChI=1S/C26H27ClF3NO2S/c1-5-18-13-19(23-11-10-22(27)14-24(23)26(28,29)30)9-12-25(18)34(32,33)16-21-8-6-7-20(17(21)2)15-31(3)4/h6-14H,5,15-16H2,1-4H3. The molecule has 0 fully saturated rings. The molecule has 3 nitrogen and oxygen atoms in total. The number of halogens is 4. The Kier molecular flexibility index (Phi) is 7.80. The molecule has 0 amide bonds. The van der Waals surface area contributed by atoms with E-state index in [0.29, 0.717) is 29.7 Å². The van der Waals surface area contributed by atoms with Crippen LogP contribution in [0.2, 0.25) is 5.02 Å². The van der Waals surface area contributed by atoms with Crippen molar-refractivity contribution in [1.29, 1.82) is 0 Å². The zero-order chi connectivity index (χ0) is 25.3. The lowest BCUT2D eigenvalue weighted by Gasteiger charge is -2.17. The third-order valence-electron chi connectivity index (χ3n) is 5.76. The number of sulfone groups is 1. The van der Waals surface area contributed by atoms with Gasteiger partial charge in [-0.2, -0.15) is 13.2 Å². The Hall–Kier alpha value is -2.35. The second kappa shape index (κ2) is 10.1. The molecule has 182 valence electrons. The van der Waals surface area contributed by atoms with Crippen molar-refractivity contribution in [2.45, 2.75) is 43.6 Å². The molecule has 8 heteroatoms. The van der Waals surface area contributed by atoms with Gasteiger partial charge in [-0.3, -0.25) is 0 Å². The summed E-state index contributed by atoms with van der Waals surface area (Å²) in [7, 11) is 0.170. The van der Waals surface area contributed by atoms with E-state index in [0.717, 1.165) is 17.2 Å². The summed E-state index contributed by atoms with van der Waals surface area (Å²) in [6.07, 6.45) is -4.23. The van der Waals surface area contributed by atoms with Gasteiger partial charge in [0.2, 0.25) is 0 Å². The first kappa shape index (κ1) is 26.3. The van der Waals surface area contributed by atoms with Crippen LogP contribution in [0.5, 0.6) is 0 Å². The monoisotopic (exact) mass is 509 g/mol. The van der Waals surface area contributed by atoms with Crippen molar-refractivity contribution < 1.29 is 21.6 Å². The van der Waals surface area contributed by atoms with Gasteiger partial charge in [0.1, 0.15) is 0 Å². The predicted molar refractivity (Wildman–Crippen MR) is 131 cm³/mol. The second-order valence-electron chi connectivity index (χ2n) is 8.56. The average Bonchev–Trinajstić information content (AvgIpc) is 2.75. The van der Waals surface area contributed by atoms with E-state index in [9.17, 15) is 21.6 Å². The second-order valence-corrected chi connectivity index (χ2v) is 11.0. The van der Waals surface area contributed by atoms with E-state index in [-0.39, 0.29) is 21.2 Å². The normalized spacial score (nSPS) is 12.4. The third kappa shape index (κ3) is 5.82. The van der Waals surface area contributed by atoms with Crippen LogP contribution >= 0.6 is 11.6 Å². The van der Waals surface area contributed by atoms with E-state index < -0.39 is 21.6 Å². The fraction of sp³-hybridized carbons (Fsp3) is 0.308. The third-order valence-corrected chi connectivity index (χ3v) is 7.76. The molecule has 0 aromatic heterocycles. The number of benzene rings is 3. The van der Waals surface area contributed by atoms with Crippen LogP contribution in [0.1, 0.15) is 34.7 Å². The van der Waals surface area contributed by atoms with Crippen molar-refractivity contribution in [3.63, 3.8) is 0 Å². The first-order chi connectivity index (χ1) is 15.8. The van der Waals surface area contributed by atoms with Crippen molar-refractivity contribution in [2.75, 3.05) is 14.1 Å². The summed E-state index contributed by atoms with van der Waals surface area (Å²) in [5, 5.41) is -0.0159. The summed E-state index contributed by atoms with van der Waals surface area (Å²) in [6, 6.07) is 13.6. The molecule has 0 bridgehead atoms. The molecule has 3 aromatic rings. The van der Waals surface area contributed by atoms with E-state index in [2.05, 4.69) is 0 Å². The molecule has 0 atom stereocenters. The van der Waals surface area contributed by atoms with E-state index in [1.54, 1.807) is 13.0 Å². The van der Waals surface area contributed by atoms with Crippen LogP contribution in [0.3, 0.4) is 0 Å². The number of hydrogen-bond donors (Lipinski definition) is 0. The highest BCUT2D eigenvalue weighted by Crippen LogP contribution is 2.39. The summed E-state index contributed by atoms with van der Waals surface area (Å²) in [4.78, 5) is 2.15. The number of rotatable bonds is 7. The van der Waals surface area contributed by atoms with Crippen LogP contribution in [0.4, 0.5) is 13.2 Å². The zero-order valence-electron chi connectivity index (χ0n) is 19.5. The first-order valence-corrected chi connectivity index (χ1v) is 12.8. The van der Waals surface area contributed by atoms with Gasteiger partial charge in [-0.05, 0) is 85.1 Å². The minimum absolute atomic E-state index is 0.0159. The molecule has 0 unspecified atom stereocenters. The zero-order valence-corrected chi connectivity index (χ0v) is 21.1. The Morgan fingerprint density at radius 3 is 2.24 bits per heavy atom. The largest absolute Gasteiger partial charge is 0.417 e. The van der Waals surface area contributed by atoms with Crippen molar-refractivity contribution in [1.82, 2.24) is 4.90 Å². The number of aryl methyl sites for hydroxylation is 1. The van der Waals surface area contributed by atoms with E-state index in [1.807, 2.05) is 38.1 Å². The highest BCUT2D eigenvalue weighted by atomic mass is 35.5. The molecule has 0 heterocycles. The summed E-state index contributed by atoms with van der Waals surface area (Å²) < 4.78 is 67.6. The maximum atomic E-state index is 13.6. The van der Waals surface area contributed by atoms with Gasteiger partial charge < -0.3 is 4.90 Å². The highest BCUT2D eigenvalue weighted by Gasteiger charge is 2.34. The van der Waals surface area contributed by atoms with E-state index in [4.69, 9.17) is 11.6 Å². The fourth-order valence-electron chi connectivity index (χ4n) is 4.02. The summed E-state index contributed by atoms with van der Waals surface area (Å²) in [5.41, 5.74) is 2.56. The highest BCUT2D eigenvalue weighted by molar-refractivity contribution is 7.90. The molecule has 0 saturated heterocycles. The first-order valence-electron chi connectivity index (χ1n) is 10.8.